The quantitative estimate of drug-likeness (QED) is 0.0802. The molecule has 0 radical (unpaired) electrons. The van der Waals surface area contributed by atoms with E-state index in [2.05, 4.69) is 65.3 Å². The molecule has 1 fully saturated rings. The first-order chi connectivity index (χ1) is 22.4. The molecule has 0 saturated carbocycles. The molecule has 0 unspecified atom stereocenters. The van der Waals surface area contributed by atoms with Gasteiger partial charge in [0.15, 0.2) is 27.3 Å². The Morgan fingerprint density at radius 2 is 1.89 bits per heavy atom. The number of hydrogen-bond acceptors (Lipinski definition) is 11. The zero-order valence-corrected chi connectivity index (χ0v) is 31.7. The van der Waals surface area contributed by atoms with Crippen molar-refractivity contribution in [2.45, 2.75) is 78.9 Å². The number of fused-ring (bicyclic) bond motifs is 1. The van der Waals surface area contributed by atoms with Crippen molar-refractivity contribution in [2.75, 3.05) is 44.8 Å². The molecule has 47 heavy (non-hydrogen) atoms. The summed E-state index contributed by atoms with van der Waals surface area (Å²) in [4.78, 5) is 29.0. The second-order valence-corrected chi connectivity index (χ2v) is 21.5. The number of para-hydroxylation sites is 1. The molecule has 0 amide bonds. The summed E-state index contributed by atoms with van der Waals surface area (Å²) in [5, 5.41) is 9.82. The SMILES string of the molecule is CCOC(=O)c1nc(N(C)c2cc(C)c(N=c3sc4ccccc4n3COCC[Si](C)(C)C)nn2)sc1C1CCN(CC(C)C)CC1. The lowest BCUT2D eigenvalue weighted by Crippen LogP contribution is -2.35. The van der Waals surface area contributed by atoms with E-state index in [4.69, 9.17) is 19.5 Å². The molecular formula is C34H49N7O3S2Si. The van der Waals surface area contributed by atoms with Gasteiger partial charge in [-0.1, -0.05) is 57.0 Å². The Morgan fingerprint density at radius 3 is 2.57 bits per heavy atom. The molecule has 1 aliphatic heterocycles. The largest absolute Gasteiger partial charge is 0.461 e. The van der Waals surface area contributed by atoms with Crippen LogP contribution in [0.25, 0.3) is 10.2 Å². The van der Waals surface area contributed by atoms with Crippen LogP contribution in [0.3, 0.4) is 0 Å². The minimum atomic E-state index is -1.19. The molecule has 1 saturated heterocycles. The Hall–Kier alpha value is -2.97. The smallest absolute Gasteiger partial charge is 0.358 e. The van der Waals surface area contributed by atoms with Crippen LogP contribution in [0, 0.1) is 12.8 Å². The van der Waals surface area contributed by atoms with E-state index in [9.17, 15) is 4.79 Å². The van der Waals surface area contributed by atoms with Crippen molar-refractivity contribution in [3.8, 4) is 0 Å². The maximum absolute atomic E-state index is 13.0. The minimum Gasteiger partial charge on any atom is -0.461 e. The number of esters is 1. The van der Waals surface area contributed by atoms with Gasteiger partial charge in [-0.2, -0.15) is 4.99 Å². The van der Waals surface area contributed by atoms with Gasteiger partial charge < -0.3 is 19.3 Å². The summed E-state index contributed by atoms with van der Waals surface area (Å²) in [7, 11) is 0.729. The molecule has 0 spiro atoms. The van der Waals surface area contributed by atoms with Crippen LogP contribution in [0.5, 0.6) is 0 Å². The fourth-order valence-corrected chi connectivity index (χ4v) is 8.64. The first-order valence-electron chi connectivity index (χ1n) is 16.6. The van der Waals surface area contributed by atoms with Crippen LogP contribution in [0.4, 0.5) is 16.8 Å². The van der Waals surface area contributed by atoms with E-state index in [1.807, 2.05) is 44.0 Å². The van der Waals surface area contributed by atoms with Crippen LogP contribution in [0.2, 0.25) is 25.7 Å². The summed E-state index contributed by atoms with van der Waals surface area (Å²) in [5.74, 6) is 1.76. The van der Waals surface area contributed by atoms with Gasteiger partial charge in [0.2, 0.25) is 0 Å². The summed E-state index contributed by atoms with van der Waals surface area (Å²) >= 11 is 3.17. The summed E-state index contributed by atoms with van der Waals surface area (Å²) in [6.45, 7) is 20.0. The van der Waals surface area contributed by atoms with Crippen molar-refractivity contribution in [3.63, 3.8) is 0 Å². The Balaban J connectivity index is 1.39. The summed E-state index contributed by atoms with van der Waals surface area (Å²) in [6, 6.07) is 11.4. The highest BCUT2D eigenvalue weighted by atomic mass is 32.1. The molecule has 4 heterocycles. The van der Waals surface area contributed by atoms with Crippen LogP contribution in [-0.2, 0) is 16.2 Å². The molecule has 4 aromatic rings. The number of piperidine rings is 1. The lowest BCUT2D eigenvalue weighted by molar-refractivity contribution is 0.0518. The van der Waals surface area contributed by atoms with Crippen LogP contribution in [0.15, 0.2) is 35.3 Å². The average molecular weight is 696 g/mol. The molecule has 0 aliphatic carbocycles. The lowest BCUT2D eigenvalue weighted by atomic mass is 9.93. The first-order valence-corrected chi connectivity index (χ1v) is 22.0. The minimum absolute atomic E-state index is 0.277. The van der Waals surface area contributed by atoms with Crippen molar-refractivity contribution < 1.29 is 14.3 Å². The van der Waals surface area contributed by atoms with E-state index >= 15 is 0 Å². The highest BCUT2D eigenvalue weighted by Crippen LogP contribution is 2.39. The van der Waals surface area contributed by atoms with Crippen LogP contribution in [0.1, 0.15) is 60.5 Å². The number of ether oxygens (including phenoxy) is 2. The van der Waals surface area contributed by atoms with Gasteiger partial charge in [0.05, 0.1) is 16.8 Å². The van der Waals surface area contributed by atoms with Crippen molar-refractivity contribution in [3.05, 3.63) is 51.3 Å². The number of aromatic nitrogens is 4. The van der Waals surface area contributed by atoms with Crippen LogP contribution in [-0.4, -0.2) is 78.6 Å². The number of thiazole rings is 2. The highest BCUT2D eigenvalue weighted by molar-refractivity contribution is 7.16. The van der Waals surface area contributed by atoms with Gasteiger partial charge in [0.1, 0.15) is 6.73 Å². The average Bonchev–Trinajstić information content (AvgIpc) is 3.62. The van der Waals surface area contributed by atoms with E-state index in [1.54, 1.807) is 22.7 Å². The van der Waals surface area contributed by atoms with Crippen molar-refractivity contribution in [1.82, 2.24) is 24.6 Å². The van der Waals surface area contributed by atoms with Gasteiger partial charge in [0.25, 0.3) is 0 Å². The van der Waals surface area contributed by atoms with E-state index in [0.29, 0.717) is 41.7 Å². The number of aryl methyl sites for hydroxylation is 1. The molecule has 1 aromatic carbocycles. The second kappa shape index (κ2) is 15.5. The number of benzene rings is 1. The number of carbonyl (C=O) groups excluding carboxylic acids is 1. The Bertz CT molecular complexity index is 1740. The number of hydrogen-bond donors (Lipinski definition) is 0. The van der Waals surface area contributed by atoms with Gasteiger partial charge in [-0.3, -0.25) is 4.57 Å². The van der Waals surface area contributed by atoms with Crippen LogP contribution >= 0.6 is 22.7 Å². The molecule has 0 atom stereocenters. The van der Waals surface area contributed by atoms with Crippen molar-refractivity contribution >= 4 is 63.7 Å². The molecule has 0 N–H and O–H groups in total. The Morgan fingerprint density at radius 1 is 1.15 bits per heavy atom. The Labute approximate surface area is 287 Å². The summed E-state index contributed by atoms with van der Waals surface area (Å²) in [5.41, 5.74) is 2.41. The first kappa shape index (κ1) is 35.3. The molecule has 13 heteroatoms. The fourth-order valence-electron chi connectivity index (χ4n) is 5.67. The number of anilines is 2. The highest BCUT2D eigenvalue weighted by Gasteiger charge is 2.30. The number of nitrogens with zero attached hydrogens (tertiary/aromatic N) is 7. The van der Waals surface area contributed by atoms with Crippen molar-refractivity contribution in [2.24, 2.45) is 10.9 Å². The lowest BCUT2D eigenvalue weighted by Gasteiger charge is -2.32. The zero-order chi connectivity index (χ0) is 33.7. The number of likely N-dealkylation sites (tertiary alicyclic amines) is 1. The van der Waals surface area contributed by atoms with Gasteiger partial charge >= 0.3 is 5.97 Å². The maximum atomic E-state index is 13.0. The van der Waals surface area contributed by atoms with Gasteiger partial charge in [-0.25, -0.2) is 9.78 Å². The summed E-state index contributed by atoms with van der Waals surface area (Å²) in [6.07, 6.45) is 2.00. The van der Waals surface area contributed by atoms with Gasteiger partial charge in [-0.05, 0) is 81.4 Å². The van der Waals surface area contributed by atoms with Crippen LogP contribution < -0.4 is 9.70 Å². The van der Waals surface area contributed by atoms with E-state index in [1.165, 1.54) is 0 Å². The Kier molecular flexibility index (Phi) is 11.7. The molecule has 1 aliphatic rings. The molecule has 254 valence electrons. The molecule has 10 nitrogen and oxygen atoms in total. The molecule has 0 bridgehead atoms. The third kappa shape index (κ3) is 8.94. The predicted octanol–water partition coefficient (Wildman–Crippen LogP) is 7.58. The van der Waals surface area contributed by atoms with Gasteiger partial charge in [0, 0.05) is 33.2 Å². The monoisotopic (exact) mass is 695 g/mol. The second-order valence-electron chi connectivity index (χ2n) is 13.9. The summed E-state index contributed by atoms with van der Waals surface area (Å²) < 4.78 is 14.8. The van der Waals surface area contributed by atoms with E-state index < -0.39 is 8.07 Å². The molecule has 3 aromatic heterocycles. The van der Waals surface area contributed by atoms with E-state index in [0.717, 1.165) is 70.6 Å². The molecule has 5 rings (SSSR count). The third-order valence-electron chi connectivity index (χ3n) is 8.28. The molecular weight excluding hydrogens is 647 g/mol. The fraction of sp³-hybridized carbons (Fsp3) is 0.559. The normalized spacial score (nSPS) is 15.2. The number of rotatable bonds is 13. The standard InChI is InChI=1S/C34H49N7O3S2Si/c1-9-44-32(42)29-30(25-14-16-40(17-15-25)21-23(2)3)46-33(35-29)39(5)28-20-24(4)31(38-37-28)36-34-41(22-43-18-19-47(6,7)8)26-12-10-11-13-27(26)45-34/h10-13,20,23,25H,9,14-19,21-22H2,1-8H3. The number of carbonyl (C=O) groups is 1. The predicted molar refractivity (Wildman–Crippen MR) is 195 cm³/mol. The van der Waals surface area contributed by atoms with Gasteiger partial charge in [-0.15, -0.1) is 21.5 Å². The zero-order valence-electron chi connectivity index (χ0n) is 29.1. The van der Waals surface area contributed by atoms with Crippen molar-refractivity contribution in [1.29, 1.82) is 0 Å². The third-order valence-corrected chi connectivity index (χ3v) is 12.3. The maximum Gasteiger partial charge on any atom is 0.358 e. The van der Waals surface area contributed by atoms with E-state index in [-0.39, 0.29) is 11.9 Å². The topological polar surface area (TPSA) is 98.0 Å².